The van der Waals surface area contributed by atoms with Crippen molar-refractivity contribution in [2.45, 2.75) is 45.1 Å². The molecular weight excluding hydrogens is 452 g/mol. The van der Waals surface area contributed by atoms with Crippen LogP contribution in [0.4, 0.5) is 5.69 Å². The number of nitrogens with zero attached hydrogens (tertiary/aromatic N) is 3. The van der Waals surface area contributed by atoms with Crippen LogP contribution in [0.5, 0.6) is 5.75 Å². The van der Waals surface area contributed by atoms with Crippen LogP contribution in [0.15, 0.2) is 59.8 Å². The topological polar surface area (TPSA) is 93.5 Å². The molecule has 0 aliphatic rings. The van der Waals surface area contributed by atoms with Crippen molar-refractivity contribution < 1.29 is 17.9 Å². The third-order valence-corrected chi connectivity index (χ3v) is 7.62. The molecule has 8 nitrogen and oxygen atoms in total. The van der Waals surface area contributed by atoms with E-state index in [1.165, 1.54) is 23.5 Å². The second-order valence-corrected chi connectivity index (χ2v) is 10.1. The first-order valence-corrected chi connectivity index (χ1v) is 12.7. The summed E-state index contributed by atoms with van der Waals surface area (Å²) in [5, 5.41) is 2.88. The Morgan fingerprint density at radius 3 is 2.53 bits per heavy atom. The predicted molar refractivity (Wildman–Crippen MR) is 133 cm³/mol. The molecule has 0 radical (unpaired) electrons. The maximum atomic E-state index is 13.1. The lowest BCUT2D eigenvalue weighted by Crippen LogP contribution is -2.31. The third kappa shape index (κ3) is 5.48. The molecule has 2 aromatic carbocycles. The van der Waals surface area contributed by atoms with Gasteiger partial charge in [0.2, 0.25) is 10.0 Å². The number of amides is 1. The van der Waals surface area contributed by atoms with Crippen molar-refractivity contribution >= 4 is 21.6 Å². The van der Waals surface area contributed by atoms with Gasteiger partial charge in [0.15, 0.2) is 0 Å². The van der Waals surface area contributed by atoms with Crippen molar-refractivity contribution in [1.29, 1.82) is 0 Å². The molecule has 9 heteroatoms. The summed E-state index contributed by atoms with van der Waals surface area (Å²) in [7, 11) is -2.39. The molecule has 3 aromatic rings. The minimum atomic E-state index is -3.80. The van der Waals surface area contributed by atoms with Gasteiger partial charge in [0.1, 0.15) is 16.5 Å². The van der Waals surface area contributed by atoms with Crippen LogP contribution in [0.25, 0.3) is 0 Å². The van der Waals surface area contributed by atoms with Gasteiger partial charge in [-0.25, -0.2) is 13.4 Å². The number of sulfonamides is 1. The van der Waals surface area contributed by atoms with Crippen molar-refractivity contribution in [2.75, 3.05) is 25.5 Å². The van der Waals surface area contributed by atoms with Crippen molar-refractivity contribution in [3.8, 4) is 5.75 Å². The fourth-order valence-corrected chi connectivity index (χ4v) is 5.46. The van der Waals surface area contributed by atoms with E-state index < -0.39 is 15.9 Å². The van der Waals surface area contributed by atoms with E-state index in [1.54, 1.807) is 32.2 Å². The number of aromatic nitrogens is 2. The van der Waals surface area contributed by atoms with Crippen molar-refractivity contribution in [1.82, 2.24) is 13.9 Å². The zero-order valence-electron chi connectivity index (χ0n) is 20.3. The zero-order chi connectivity index (χ0) is 24.9. The van der Waals surface area contributed by atoms with Crippen LogP contribution in [0.3, 0.4) is 0 Å². The van der Waals surface area contributed by atoms with E-state index in [0.717, 1.165) is 11.4 Å². The normalized spacial score (nSPS) is 11.7. The molecule has 1 heterocycles. The van der Waals surface area contributed by atoms with Gasteiger partial charge in [0, 0.05) is 49.2 Å². The first-order valence-electron chi connectivity index (χ1n) is 11.3. The number of carbonyl (C=O) groups excluding carboxylic acids is 1. The average Bonchev–Trinajstić information content (AvgIpc) is 3.28. The second-order valence-electron chi connectivity index (χ2n) is 8.18. The highest BCUT2D eigenvalue weighted by atomic mass is 32.2. The highest BCUT2D eigenvalue weighted by Gasteiger charge is 2.27. The Morgan fingerprint density at radius 1 is 1.15 bits per heavy atom. The average molecular weight is 485 g/mol. The molecule has 0 aliphatic carbocycles. The van der Waals surface area contributed by atoms with E-state index in [4.69, 9.17) is 4.74 Å². The molecule has 0 saturated carbocycles. The fraction of sp³-hybridized carbons (Fsp3) is 0.360. The Morgan fingerprint density at radius 2 is 1.88 bits per heavy atom. The Kier molecular flexibility index (Phi) is 8.11. The largest absolute Gasteiger partial charge is 0.495 e. The Labute approximate surface area is 201 Å². The summed E-state index contributed by atoms with van der Waals surface area (Å²) >= 11 is 0. The highest BCUT2D eigenvalue weighted by molar-refractivity contribution is 7.89. The number of ether oxygens (including phenoxy) is 1. The lowest BCUT2D eigenvalue weighted by Gasteiger charge is -2.20. The Balaban J connectivity index is 1.85. The Hall–Kier alpha value is -3.17. The van der Waals surface area contributed by atoms with E-state index in [1.807, 2.05) is 24.4 Å². The summed E-state index contributed by atoms with van der Waals surface area (Å²) in [6.07, 6.45) is 3.73. The molecular formula is C25H32N4O4S. The number of methoxy groups -OCH3 is 1. The molecule has 0 saturated heterocycles. The molecule has 1 aromatic heterocycles. The van der Waals surface area contributed by atoms with Gasteiger partial charge < -0.3 is 14.6 Å². The maximum absolute atomic E-state index is 13.1. The molecule has 1 amide bonds. The van der Waals surface area contributed by atoms with Crippen LogP contribution in [0, 0.1) is 0 Å². The number of anilines is 1. The molecule has 0 unspecified atom stereocenters. The minimum Gasteiger partial charge on any atom is -0.495 e. The quantitative estimate of drug-likeness (QED) is 0.462. The first-order chi connectivity index (χ1) is 16.2. The molecule has 182 valence electrons. The zero-order valence-corrected chi connectivity index (χ0v) is 21.1. The van der Waals surface area contributed by atoms with Gasteiger partial charge in [-0.3, -0.25) is 4.79 Å². The molecule has 0 aliphatic heterocycles. The first kappa shape index (κ1) is 25.5. The SMILES string of the molecule is CCN(CC)S(=O)(=O)c1cc(C(=O)Nc2cccc(Cn3ccnc3C(C)C)c2)ccc1OC. The van der Waals surface area contributed by atoms with Crippen molar-refractivity contribution in [2.24, 2.45) is 0 Å². The van der Waals surface area contributed by atoms with Gasteiger partial charge in [0.25, 0.3) is 5.91 Å². The second kappa shape index (κ2) is 10.8. The Bertz CT molecular complexity index is 1250. The van der Waals surface area contributed by atoms with Crippen LogP contribution in [-0.2, 0) is 16.6 Å². The van der Waals surface area contributed by atoms with Crippen LogP contribution >= 0.6 is 0 Å². The number of nitrogens with one attached hydrogen (secondary N) is 1. The predicted octanol–water partition coefficient (Wildman–Crippen LogP) is 4.35. The number of imidazole rings is 1. The summed E-state index contributed by atoms with van der Waals surface area (Å²) in [4.78, 5) is 17.4. The van der Waals surface area contributed by atoms with Crippen LogP contribution in [-0.4, -0.2) is 48.4 Å². The lowest BCUT2D eigenvalue weighted by molar-refractivity contribution is 0.102. The lowest BCUT2D eigenvalue weighted by atomic mass is 10.1. The fourth-order valence-electron chi connectivity index (χ4n) is 3.82. The summed E-state index contributed by atoms with van der Waals surface area (Å²) in [5.74, 6) is 1.09. The summed E-state index contributed by atoms with van der Waals surface area (Å²) in [6.45, 7) is 9.00. The summed E-state index contributed by atoms with van der Waals surface area (Å²) in [5.41, 5.74) is 1.86. The maximum Gasteiger partial charge on any atom is 0.255 e. The summed E-state index contributed by atoms with van der Waals surface area (Å²) in [6, 6.07) is 12.0. The van der Waals surface area contributed by atoms with Crippen LogP contribution < -0.4 is 10.1 Å². The smallest absolute Gasteiger partial charge is 0.255 e. The summed E-state index contributed by atoms with van der Waals surface area (Å²) < 4.78 is 34.9. The van der Waals surface area contributed by atoms with Gasteiger partial charge >= 0.3 is 0 Å². The van der Waals surface area contributed by atoms with Gasteiger partial charge in [-0.2, -0.15) is 4.31 Å². The number of hydrogen-bond donors (Lipinski definition) is 1. The van der Waals surface area contributed by atoms with Gasteiger partial charge in [0.05, 0.1) is 7.11 Å². The monoisotopic (exact) mass is 484 g/mol. The van der Waals surface area contributed by atoms with E-state index >= 15 is 0 Å². The van der Waals surface area contributed by atoms with Gasteiger partial charge in [-0.05, 0) is 35.9 Å². The third-order valence-electron chi connectivity index (χ3n) is 5.55. The van der Waals surface area contributed by atoms with Gasteiger partial charge in [-0.1, -0.05) is 39.8 Å². The standard InChI is InChI=1S/C25H32N4O4S/c1-6-29(7-2)34(31,32)23-16-20(11-12-22(23)33-5)25(30)27-21-10-8-9-19(15-21)17-28-14-13-26-24(28)18(3)4/h8-16,18H,6-7,17H2,1-5H3,(H,27,30). The van der Waals surface area contributed by atoms with Crippen LogP contribution in [0.1, 0.15) is 55.4 Å². The minimum absolute atomic E-state index is 0.0265. The highest BCUT2D eigenvalue weighted by Crippen LogP contribution is 2.28. The molecule has 3 rings (SSSR count). The van der Waals surface area contributed by atoms with E-state index in [2.05, 4.69) is 28.7 Å². The molecule has 0 spiro atoms. The molecule has 0 fully saturated rings. The number of hydrogen-bond acceptors (Lipinski definition) is 5. The van der Waals surface area contributed by atoms with E-state index in [-0.39, 0.29) is 16.2 Å². The molecule has 1 N–H and O–H groups in total. The molecule has 0 bridgehead atoms. The number of rotatable bonds is 10. The number of benzene rings is 2. The molecule has 0 atom stereocenters. The van der Waals surface area contributed by atoms with Crippen molar-refractivity contribution in [3.63, 3.8) is 0 Å². The van der Waals surface area contributed by atoms with E-state index in [9.17, 15) is 13.2 Å². The van der Waals surface area contributed by atoms with Crippen molar-refractivity contribution in [3.05, 3.63) is 71.8 Å². The van der Waals surface area contributed by atoms with Gasteiger partial charge in [-0.15, -0.1) is 0 Å². The number of carbonyl (C=O) groups is 1. The molecule has 34 heavy (non-hydrogen) atoms. The van der Waals surface area contributed by atoms with E-state index in [0.29, 0.717) is 31.2 Å². The van der Waals surface area contributed by atoms with Crippen LogP contribution in [0.2, 0.25) is 0 Å².